The number of carbonyl (C=O) groups excluding carboxylic acids is 1. The minimum Gasteiger partial charge on any atom is -0.338 e. The van der Waals surface area contributed by atoms with Crippen LogP contribution in [0.1, 0.15) is 57.6 Å². The Hall–Kier alpha value is -1.39. The van der Waals surface area contributed by atoms with E-state index in [4.69, 9.17) is 9.47 Å². The largest absolute Gasteiger partial charge is 0.338 e. The first-order valence-electron chi connectivity index (χ1n) is 9.31. The van der Waals surface area contributed by atoms with Crippen molar-refractivity contribution in [2.75, 3.05) is 24.7 Å². The molecule has 0 saturated carbocycles. The van der Waals surface area contributed by atoms with Crippen LogP contribution in [0.2, 0.25) is 0 Å². The fourth-order valence-corrected chi connectivity index (χ4v) is 3.44. The van der Waals surface area contributed by atoms with E-state index in [1.807, 2.05) is 4.90 Å². The lowest BCUT2D eigenvalue weighted by molar-refractivity contribution is -0.256. The number of amides is 1. The molecule has 1 aromatic carbocycles. The summed E-state index contributed by atoms with van der Waals surface area (Å²) in [5.74, 6) is -0.701. The van der Waals surface area contributed by atoms with Crippen LogP contribution in [0.15, 0.2) is 18.2 Å². The highest BCUT2D eigenvalue weighted by molar-refractivity contribution is 6.06. The second kappa shape index (κ2) is 7.24. The summed E-state index contributed by atoms with van der Waals surface area (Å²) in [7, 11) is 0. The molecule has 0 N–H and O–H groups in total. The number of nitrogens with zero attached hydrogens (tertiary/aromatic N) is 1. The van der Waals surface area contributed by atoms with Crippen molar-refractivity contribution in [3.05, 3.63) is 29.3 Å². The van der Waals surface area contributed by atoms with Crippen molar-refractivity contribution in [2.45, 2.75) is 58.7 Å². The minimum absolute atomic E-state index is 0.0505. The number of hydrogen-bond donors (Lipinski definition) is 0. The number of anilines is 1. The van der Waals surface area contributed by atoms with Gasteiger partial charge in [-0.1, -0.05) is 33.3 Å². The van der Waals surface area contributed by atoms with Crippen molar-refractivity contribution in [1.29, 1.82) is 0 Å². The first-order chi connectivity index (χ1) is 11.6. The van der Waals surface area contributed by atoms with Gasteiger partial charge < -0.3 is 14.4 Å². The summed E-state index contributed by atoms with van der Waals surface area (Å²) in [6.07, 6.45) is 5.15. The van der Waals surface area contributed by atoms with E-state index in [1.54, 1.807) is 0 Å². The standard InChI is InChI=1S/C20H29NO3/c1-4-5-7-16-8-9-18-17(14-16)20(23-12-6-13-24-20)19(22)21(18)11-10-15(2)3/h8-9,14-15H,4-7,10-13H2,1-3H3. The molecule has 1 amide bonds. The predicted octanol–water partition coefficient (Wildman–Crippen LogP) is 4.01. The first kappa shape index (κ1) is 17.4. The number of hydrogen-bond acceptors (Lipinski definition) is 3. The van der Waals surface area contributed by atoms with E-state index < -0.39 is 5.79 Å². The molecule has 0 aromatic heterocycles. The molecule has 1 aromatic rings. The summed E-state index contributed by atoms with van der Waals surface area (Å²) in [4.78, 5) is 15.0. The Labute approximate surface area is 145 Å². The molecule has 4 nitrogen and oxygen atoms in total. The number of aryl methyl sites for hydroxylation is 1. The average molecular weight is 331 g/mol. The van der Waals surface area contributed by atoms with E-state index in [2.05, 4.69) is 39.0 Å². The van der Waals surface area contributed by atoms with Gasteiger partial charge in [-0.25, -0.2) is 0 Å². The zero-order chi connectivity index (χ0) is 17.2. The molecule has 1 spiro atoms. The van der Waals surface area contributed by atoms with Crippen molar-refractivity contribution in [2.24, 2.45) is 5.92 Å². The Morgan fingerprint density at radius 2 is 2.00 bits per heavy atom. The topological polar surface area (TPSA) is 38.8 Å². The third-order valence-electron chi connectivity index (χ3n) is 4.88. The van der Waals surface area contributed by atoms with E-state index in [0.717, 1.165) is 43.4 Å². The lowest BCUT2D eigenvalue weighted by Crippen LogP contribution is -2.47. The van der Waals surface area contributed by atoms with Gasteiger partial charge in [-0.3, -0.25) is 4.79 Å². The Bertz CT molecular complexity index is 591. The van der Waals surface area contributed by atoms with Crippen LogP contribution in [-0.2, 0) is 26.5 Å². The summed E-state index contributed by atoms with van der Waals surface area (Å²) in [5, 5.41) is 0. The van der Waals surface area contributed by atoms with Crippen LogP contribution in [0.3, 0.4) is 0 Å². The Balaban J connectivity index is 1.96. The number of ether oxygens (including phenoxy) is 2. The molecule has 0 atom stereocenters. The fourth-order valence-electron chi connectivity index (χ4n) is 3.44. The zero-order valence-electron chi connectivity index (χ0n) is 15.1. The maximum absolute atomic E-state index is 13.2. The third kappa shape index (κ3) is 3.09. The van der Waals surface area contributed by atoms with Crippen LogP contribution in [0.25, 0.3) is 0 Å². The number of unbranched alkanes of at least 4 members (excludes halogenated alkanes) is 1. The molecule has 1 fully saturated rings. The van der Waals surface area contributed by atoms with Crippen LogP contribution in [-0.4, -0.2) is 25.7 Å². The lowest BCUT2D eigenvalue weighted by Gasteiger charge is -2.32. The molecular formula is C20H29NO3. The highest BCUT2D eigenvalue weighted by atomic mass is 16.7. The molecule has 3 rings (SSSR count). The SMILES string of the molecule is CCCCc1ccc2c(c1)C1(OCCCO1)C(=O)N2CCC(C)C. The molecule has 2 heterocycles. The molecule has 0 aliphatic carbocycles. The second-order valence-electron chi connectivity index (χ2n) is 7.26. The van der Waals surface area contributed by atoms with Gasteiger partial charge in [0.25, 0.3) is 11.7 Å². The van der Waals surface area contributed by atoms with Gasteiger partial charge in [0.05, 0.1) is 18.9 Å². The first-order valence-corrected chi connectivity index (χ1v) is 9.31. The smallest absolute Gasteiger partial charge is 0.292 e. The predicted molar refractivity (Wildman–Crippen MR) is 95.1 cm³/mol. The average Bonchev–Trinajstić information content (AvgIpc) is 2.80. The highest BCUT2D eigenvalue weighted by Crippen LogP contribution is 2.45. The van der Waals surface area contributed by atoms with E-state index in [0.29, 0.717) is 25.7 Å². The van der Waals surface area contributed by atoms with Gasteiger partial charge in [0.1, 0.15) is 0 Å². The summed E-state index contributed by atoms with van der Waals surface area (Å²) in [6, 6.07) is 6.35. The monoisotopic (exact) mass is 331 g/mol. The fraction of sp³-hybridized carbons (Fsp3) is 0.650. The molecule has 2 aliphatic rings. The van der Waals surface area contributed by atoms with Gasteiger partial charge in [0, 0.05) is 12.1 Å². The molecule has 0 bridgehead atoms. The van der Waals surface area contributed by atoms with Crippen LogP contribution in [0, 0.1) is 5.92 Å². The summed E-state index contributed by atoms with van der Waals surface area (Å²) in [6.45, 7) is 8.41. The van der Waals surface area contributed by atoms with Gasteiger partial charge in [-0.2, -0.15) is 0 Å². The van der Waals surface area contributed by atoms with Gasteiger partial charge in [0.2, 0.25) is 0 Å². The van der Waals surface area contributed by atoms with Gasteiger partial charge >= 0.3 is 0 Å². The van der Waals surface area contributed by atoms with E-state index >= 15 is 0 Å². The molecule has 1 saturated heterocycles. The Kier molecular flexibility index (Phi) is 5.26. The van der Waals surface area contributed by atoms with Crippen molar-refractivity contribution in [3.8, 4) is 0 Å². The van der Waals surface area contributed by atoms with Crippen LogP contribution >= 0.6 is 0 Å². The van der Waals surface area contributed by atoms with Crippen molar-refractivity contribution < 1.29 is 14.3 Å². The summed E-state index contributed by atoms with van der Waals surface area (Å²) >= 11 is 0. The maximum Gasteiger partial charge on any atom is 0.292 e. The molecule has 4 heteroatoms. The van der Waals surface area contributed by atoms with E-state index in [-0.39, 0.29) is 5.91 Å². The molecule has 132 valence electrons. The molecule has 0 radical (unpaired) electrons. The van der Waals surface area contributed by atoms with Gasteiger partial charge in [-0.05, 0) is 49.3 Å². The van der Waals surface area contributed by atoms with Crippen LogP contribution in [0.5, 0.6) is 0 Å². The van der Waals surface area contributed by atoms with Gasteiger partial charge in [0.15, 0.2) is 0 Å². The van der Waals surface area contributed by atoms with Gasteiger partial charge in [-0.15, -0.1) is 0 Å². The second-order valence-corrected chi connectivity index (χ2v) is 7.26. The highest BCUT2D eigenvalue weighted by Gasteiger charge is 2.54. The Morgan fingerprint density at radius 3 is 2.67 bits per heavy atom. The zero-order valence-corrected chi connectivity index (χ0v) is 15.1. The van der Waals surface area contributed by atoms with Crippen molar-refractivity contribution in [3.63, 3.8) is 0 Å². The Morgan fingerprint density at radius 1 is 1.25 bits per heavy atom. The molecule has 0 unspecified atom stereocenters. The lowest BCUT2D eigenvalue weighted by atomic mass is 10.00. The van der Waals surface area contributed by atoms with E-state index in [1.165, 1.54) is 5.56 Å². The van der Waals surface area contributed by atoms with Crippen LogP contribution in [0.4, 0.5) is 5.69 Å². The summed E-state index contributed by atoms with van der Waals surface area (Å²) in [5.41, 5.74) is 3.12. The number of benzene rings is 1. The number of fused-ring (bicyclic) bond motifs is 2. The van der Waals surface area contributed by atoms with E-state index in [9.17, 15) is 4.79 Å². The molecule has 24 heavy (non-hydrogen) atoms. The number of rotatable bonds is 6. The van der Waals surface area contributed by atoms with Crippen molar-refractivity contribution >= 4 is 11.6 Å². The third-order valence-corrected chi connectivity index (χ3v) is 4.88. The summed E-state index contributed by atoms with van der Waals surface area (Å²) < 4.78 is 11.9. The van der Waals surface area contributed by atoms with Crippen LogP contribution < -0.4 is 4.90 Å². The maximum atomic E-state index is 13.2. The molecular weight excluding hydrogens is 302 g/mol. The quantitative estimate of drug-likeness (QED) is 0.790. The molecule has 2 aliphatic heterocycles. The van der Waals surface area contributed by atoms with Crippen molar-refractivity contribution in [1.82, 2.24) is 0 Å². The minimum atomic E-state index is -1.20. The normalized spacial score (nSPS) is 19.3. The number of carbonyl (C=O) groups is 1.